The fourth-order valence-electron chi connectivity index (χ4n) is 2.63. The molecule has 1 aliphatic carbocycles. The Bertz CT molecular complexity index is 187. The first-order valence-electron chi connectivity index (χ1n) is 6.08. The van der Waals surface area contributed by atoms with E-state index in [1.54, 1.807) is 0 Å². The number of ether oxygens (including phenoxy) is 1. The van der Waals surface area contributed by atoms with E-state index >= 15 is 0 Å². The summed E-state index contributed by atoms with van der Waals surface area (Å²) in [6.07, 6.45) is 6.55. The fourth-order valence-corrected chi connectivity index (χ4v) is 2.63. The maximum Gasteiger partial charge on any atom is 0.0685 e. The maximum atomic E-state index is 5.91. The van der Waals surface area contributed by atoms with Crippen LogP contribution >= 0.6 is 0 Å². The van der Waals surface area contributed by atoms with Gasteiger partial charge in [0.15, 0.2) is 0 Å². The van der Waals surface area contributed by atoms with Crippen LogP contribution in [-0.4, -0.2) is 24.8 Å². The second-order valence-corrected chi connectivity index (χ2v) is 5.31. The molecule has 1 spiro atoms. The number of hydrogen-bond acceptors (Lipinski definition) is 2. The molecule has 1 saturated heterocycles. The first-order valence-corrected chi connectivity index (χ1v) is 6.08. The molecule has 0 amide bonds. The number of hydrogen-bond donors (Lipinski definition) is 1. The van der Waals surface area contributed by atoms with Crippen molar-refractivity contribution >= 4 is 0 Å². The molecule has 14 heavy (non-hydrogen) atoms. The molecule has 1 heterocycles. The Labute approximate surface area is 87.4 Å². The van der Waals surface area contributed by atoms with Crippen LogP contribution in [-0.2, 0) is 4.74 Å². The molecule has 0 aromatic heterocycles. The Kier molecular flexibility index (Phi) is 3.13. The van der Waals surface area contributed by atoms with Crippen molar-refractivity contribution in [1.29, 1.82) is 0 Å². The van der Waals surface area contributed by atoms with Gasteiger partial charge in [-0.05, 0) is 44.6 Å². The third-order valence-electron chi connectivity index (χ3n) is 3.67. The highest BCUT2D eigenvalue weighted by Crippen LogP contribution is 2.43. The Morgan fingerprint density at radius 2 is 2.21 bits per heavy atom. The Balaban J connectivity index is 1.76. The van der Waals surface area contributed by atoms with Crippen molar-refractivity contribution in [3.63, 3.8) is 0 Å². The van der Waals surface area contributed by atoms with Gasteiger partial charge >= 0.3 is 0 Å². The van der Waals surface area contributed by atoms with E-state index in [9.17, 15) is 0 Å². The van der Waals surface area contributed by atoms with Gasteiger partial charge in [-0.3, -0.25) is 0 Å². The van der Waals surface area contributed by atoms with Crippen LogP contribution < -0.4 is 5.32 Å². The predicted octanol–water partition coefficient (Wildman–Crippen LogP) is 2.33. The lowest BCUT2D eigenvalue weighted by molar-refractivity contribution is -0.142. The van der Waals surface area contributed by atoms with E-state index in [1.165, 1.54) is 38.6 Å². The zero-order valence-corrected chi connectivity index (χ0v) is 9.51. The van der Waals surface area contributed by atoms with Crippen LogP contribution in [0.1, 0.15) is 46.0 Å². The summed E-state index contributed by atoms with van der Waals surface area (Å²) in [6, 6.07) is 0.621. The summed E-state index contributed by atoms with van der Waals surface area (Å²) in [4.78, 5) is 0. The van der Waals surface area contributed by atoms with E-state index in [-0.39, 0.29) is 0 Å². The average Bonchev–Trinajstić information content (AvgIpc) is 2.13. The zero-order chi connectivity index (χ0) is 10.0. The molecular formula is C12H23NO. The zero-order valence-electron chi connectivity index (χ0n) is 9.51. The largest absolute Gasteiger partial charge is 0.375 e. The van der Waals surface area contributed by atoms with Gasteiger partial charge < -0.3 is 10.1 Å². The second kappa shape index (κ2) is 4.19. The molecule has 2 fully saturated rings. The fraction of sp³-hybridized carbons (Fsp3) is 1.00. The van der Waals surface area contributed by atoms with E-state index in [1.807, 2.05) is 0 Å². The van der Waals surface area contributed by atoms with E-state index in [4.69, 9.17) is 4.74 Å². The molecule has 2 aliphatic rings. The monoisotopic (exact) mass is 197 g/mol. The minimum Gasteiger partial charge on any atom is -0.375 e. The lowest BCUT2D eigenvalue weighted by Gasteiger charge is -2.47. The highest BCUT2D eigenvalue weighted by atomic mass is 16.5. The predicted molar refractivity (Wildman–Crippen MR) is 58.4 cm³/mol. The van der Waals surface area contributed by atoms with E-state index in [0.29, 0.717) is 11.6 Å². The minimum atomic E-state index is 0.321. The van der Waals surface area contributed by atoms with Crippen molar-refractivity contribution in [2.75, 3.05) is 13.2 Å². The second-order valence-electron chi connectivity index (χ2n) is 5.31. The Morgan fingerprint density at radius 3 is 2.79 bits per heavy atom. The van der Waals surface area contributed by atoms with Gasteiger partial charge in [-0.15, -0.1) is 0 Å². The standard InChI is InChI=1S/C12H23NO/c1-10(2)13-9-11-4-7-14-12(8-11)5-3-6-12/h10-11,13H,3-9H2,1-2H3. The van der Waals surface area contributed by atoms with E-state index in [0.717, 1.165) is 12.5 Å². The van der Waals surface area contributed by atoms with Gasteiger partial charge in [0.05, 0.1) is 5.60 Å². The quantitative estimate of drug-likeness (QED) is 0.750. The van der Waals surface area contributed by atoms with Crippen molar-refractivity contribution < 1.29 is 4.74 Å². The van der Waals surface area contributed by atoms with Gasteiger partial charge in [-0.1, -0.05) is 13.8 Å². The minimum absolute atomic E-state index is 0.321. The van der Waals surface area contributed by atoms with Crippen molar-refractivity contribution in [3.05, 3.63) is 0 Å². The molecule has 1 N–H and O–H groups in total. The van der Waals surface area contributed by atoms with Crippen LogP contribution in [0.4, 0.5) is 0 Å². The maximum absolute atomic E-state index is 5.91. The average molecular weight is 197 g/mol. The highest BCUT2D eigenvalue weighted by Gasteiger charge is 2.42. The van der Waals surface area contributed by atoms with Crippen molar-refractivity contribution in [2.45, 2.75) is 57.6 Å². The third-order valence-corrected chi connectivity index (χ3v) is 3.67. The van der Waals surface area contributed by atoms with Gasteiger partial charge in [-0.25, -0.2) is 0 Å². The summed E-state index contributed by atoms with van der Waals surface area (Å²) in [5, 5.41) is 3.55. The van der Waals surface area contributed by atoms with Gasteiger partial charge in [0.2, 0.25) is 0 Å². The summed E-state index contributed by atoms with van der Waals surface area (Å²) < 4.78 is 5.91. The number of nitrogens with one attached hydrogen (secondary N) is 1. The molecular weight excluding hydrogens is 174 g/mol. The Hall–Kier alpha value is -0.0800. The third kappa shape index (κ3) is 2.29. The van der Waals surface area contributed by atoms with Crippen LogP contribution in [0, 0.1) is 5.92 Å². The summed E-state index contributed by atoms with van der Waals surface area (Å²) in [7, 11) is 0. The summed E-state index contributed by atoms with van der Waals surface area (Å²) >= 11 is 0. The first kappa shape index (κ1) is 10.4. The van der Waals surface area contributed by atoms with Crippen LogP contribution in [0.3, 0.4) is 0 Å². The molecule has 1 saturated carbocycles. The van der Waals surface area contributed by atoms with Gasteiger partial charge in [0, 0.05) is 12.6 Å². The molecule has 0 bridgehead atoms. The first-order chi connectivity index (χ1) is 6.70. The molecule has 2 rings (SSSR count). The number of rotatable bonds is 3. The van der Waals surface area contributed by atoms with Crippen LogP contribution in [0.25, 0.3) is 0 Å². The van der Waals surface area contributed by atoms with Crippen LogP contribution in [0.5, 0.6) is 0 Å². The Morgan fingerprint density at radius 1 is 1.43 bits per heavy atom. The molecule has 82 valence electrons. The van der Waals surface area contributed by atoms with Crippen LogP contribution in [0.15, 0.2) is 0 Å². The molecule has 2 heteroatoms. The van der Waals surface area contributed by atoms with E-state index < -0.39 is 0 Å². The van der Waals surface area contributed by atoms with Gasteiger partial charge in [0.25, 0.3) is 0 Å². The lowest BCUT2D eigenvalue weighted by atomic mass is 9.72. The van der Waals surface area contributed by atoms with Gasteiger partial charge in [-0.2, -0.15) is 0 Å². The molecule has 0 aromatic rings. The SMILES string of the molecule is CC(C)NCC1CCOC2(CCC2)C1. The summed E-state index contributed by atoms with van der Waals surface area (Å²) in [5.41, 5.74) is 0.321. The summed E-state index contributed by atoms with van der Waals surface area (Å²) in [5.74, 6) is 0.853. The molecule has 0 aromatic carbocycles. The normalized spacial score (nSPS) is 30.6. The molecule has 1 aliphatic heterocycles. The molecule has 2 nitrogen and oxygen atoms in total. The lowest BCUT2D eigenvalue weighted by Crippen LogP contribution is -2.47. The topological polar surface area (TPSA) is 21.3 Å². The molecule has 0 radical (unpaired) electrons. The molecule has 1 unspecified atom stereocenters. The van der Waals surface area contributed by atoms with Gasteiger partial charge in [0.1, 0.15) is 0 Å². The van der Waals surface area contributed by atoms with Crippen molar-refractivity contribution in [1.82, 2.24) is 5.32 Å². The molecule has 1 atom stereocenters. The highest BCUT2D eigenvalue weighted by molar-refractivity contribution is 4.94. The van der Waals surface area contributed by atoms with Crippen molar-refractivity contribution in [2.24, 2.45) is 5.92 Å². The summed E-state index contributed by atoms with van der Waals surface area (Å²) in [6.45, 7) is 6.62. The smallest absolute Gasteiger partial charge is 0.0685 e. The van der Waals surface area contributed by atoms with E-state index in [2.05, 4.69) is 19.2 Å². The van der Waals surface area contributed by atoms with Crippen LogP contribution in [0.2, 0.25) is 0 Å². The van der Waals surface area contributed by atoms with Crippen molar-refractivity contribution in [3.8, 4) is 0 Å².